The Morgan fingerprint density at radius 3 is 2.23 bits per heavy atom. The molecule has 0 saturated carbocycles. The van der Waals surface area contributed by atoms with Crippen molar-refractivity contribution in [2.45, 2.75) is 9.79 Å². The van der Waals surface area contributed by atoms with Gasteiger partial charge in [-0.1, -0.05) is 0 Å². The first kappa shape index (κ1) is 21.4. The number of phenols is 1. The molecule has 0 saturated heterocycles. The number of fused-ring (bicyclic) bond motifs is 1. The van der Waals surface area contributed by atoms with Gasteiger partial charge >= 0.3 is 0 Å². The van der Waals surface area contributed by atoms with Crippen LogP contribution in [0, 0.1) is 0 Å². The van der Waals surface area contributed by atoms with Crippen molar-refractivity contribution in [3.8, 4) is 11.5 Å². The highest BCUT2D eigenvalue weighted by atomic mass is 32.2. The first-order chi connectivity index (χ1) is 13.9. The number of nitrogen functional groups attached to an aromatic ring is 1. The molecule has 0 unspecified atom stereocenters. The summed E-state index contributed by atoms with van der Waals surface area (Å²) in [6.45, 7) is 0. The monoisotopic (exact) mass is 453 g/mol. The van der Waals surface area contributed by atoms with Crippen molar-refractivity contribution in [2.75, 3.05) is 12.8 Å². The maximum absolute atomic E-state index is 11.8. The van der Waals surface area contributed by atoms with Gasteiger partial charge in [0.25, 0.3) is 20.2 Å². The van der Waals surface area contributed by atoms with E-state index in [-0.39, 0.29) is 22.2 Å². The zero-order valence-corrected chi connectivity index (χ0v) is 16.8. The summed E-state index contributed by atoms with van der Waals surface area (Å²) in [7, 11) is -8.09. The van der Waals surface area contributed by atoms with Crippen molar-refractivity contribution in [1.82, 2.24) is 0 Å². The maximum Gasteiger partial charge on any atom is 0.296 e. The Hall–Kier alpha value is -3.26. The van der Waals surface area contributed by atoms with Crippen LogP contribution in [0.15, 0.2) is 62.5 Å². The van der Waals surface area contributed by atoms with Gasteiger partial charge in [0, 0.05) is 17.1 Å². The number of hydrogen-bond donors (Lipinski definition) is 4. The number of anilines is 1. The number of ether oxygens (including phenoxy) is 1. The molecule has 0 aromatic heterocycles. The van der Waals surface area contributed by atoms with Crippen LogP contribution in [0.25, 0.3) is 10.8 Å². The molecule has 0 bridgehead atoms. The van der Waals surface area contributed by atoms with Crippen molar-refractivity contribution in [1.29, 1.82) is 0 Å². The highest BCUT2D eigenvalue weighted by molar-refractivity contribution is 7.86. The van der Waals surface area contributed by atoms with Gasteiger partial charge in [-0.3, -0.25) is 9.11 Å². The summed E-state index contributed by atoms with van der Waals surface area (Å²) < 4.78 is 69.8. The zero-order chi connectivity index (χ0) is 22.3. The van der Waals surface area contributed by atoms with Crippen molar-refractivity contribution in [2.24, 2.45) is 10.2 Å². The minimum absolute atomic E-state index is 0.0389. The molecule has 0 heterocycles. The van der Waals surface area contributed by atoms with Gasteiger partial charge in [-0.25, -0.2) is 0 Å². The number of phenolic OH excluding ortho intramolecular Hbond substituents is 1. The van der Waals surface area contributed by atoms with Crippen LogP contribution in [-0.2, 0) is 20.2 Å². The minimum atomic E-state index is -4.80. The Morgan fingerprint density at radius 2 is 1.63 bits per heavy atom. The van der Waals surface area contributed by atoms with E-state index in [0.29, 0.717) is 5.69 Å². The van der Waals surface area contributed by atoms with Crippen LogP contribution < -0.4 is 10.5 Å². The highest BCUT2D eigenvalue weighted by Crippen LogP contribution is 2.42. The van der Waals surface area contributed by atoms with E-state index < -0.39 is 41.5 Å². The number of benzene rings is 3. The van der Waals surface area contributed by atoms with Gasteiger partial charge in [0.15, 0.2) is 5.75 Å². The van der Waals surface area contributed by atoms with Crippen LogP contribution in [0.2, 0.25) is 0 Å². The summed E-state index contributed by atoms with van der Waals surface area (Å²) in [5.74, 6) is -0.673. The van der Waals surface area contributed by atoms with Gasteiger partial charge in [-0.15, -0.1) is 10.2 Å². The number of rotatable bonds is 5. The summed E-state index contributed by atoms with van der Waals surface area (Å²) in [4.78, 5) is -1.17. The quantitative estimate of drug-likeness (QED) is 0.255. The Kier molecular flexibility index (Phi) is 5.38. The summed E-state index contributed by atoms with van der Waals surface area (Å²) >= 11 is 0. The molecule has 158 valence electrons. The third-order valence-electron chi connectivity index (χ3n) is 4.06. The maximum atomic E-state index is 11.8. The van der Waals surface area contributed by atoms with Crippen LogP contribution in [-0.4, -0.2) is 38.2 Å². The number of nitrogens with zero attached hydrogens (tertiary/aromatic N) is 2. The number of nitrogens with two attached hydrogens (primary N) is 1. The molecule has 0 spiro atoms. The molecule has 0 aliphatic heterocycles. The lowest BCUT2D eigenvalue weighted by Crippen LogP contribution is -1.99. The first-order valence-electron chi connectivity index (χ1n) is 8.02. The molecule has 0 amide bonds. The lowest BCUT2D eigenvalue weighted by atomic mass is 10.1. The largest absolute Gasteiger partial charge is 0.505 e. The molecule has 0 aliphatic rings. The summed E-state index contributed by atoms with van der Waals surface area (Å²) in [5.41, 5.74) is 5.39. The Bertz CT molecular complexity index is 1400. The van der Waals surface area contributed by atoms with Crippen LogP contribution in [0.3, 0.4) is 0 Å². The molecule has 0 radical (unpaired) electrons. The third kappa shape index (κ3) is 4.18. The molecule has 30 heavy (non-hydrogen) atoms. The van der Waals surface area contributed by atoms with Gasteiger partial charge in [0.2, 0.25) is 0 Å². The van der Waals surface area contributed by atoms with Crippen molar-refractivity contribution < 1.29 is 35.8 Å². The predicted octanol–water partition coefficient (Wildman–Crippen LogP) is 3.05. The molecule has 13 heteroatoms. The van der Waals surface area contributed by atoms with Gasteiger partial charge in [-0.2, -0.15) is 16.8 Å². The van der Waals surface area contributed by atoms with Gasteiger partial charge in [0.1, 0.15) is 22.0 Å². The fourth-order valence-corrected chi connectivity index (χ4v) is 3.82. The molecule has 5 N–H and O–H groups in total. The van der Waals surface area contributed by atoms with E-state index in [9.17, 15) is 26.5 Å². The summed E-state index contributed by atoms with van der Waals surface area (Å²) in [6.07, 6.45) is 0. The Labute approximate surface area is 170 Å². The molecule has 3 rings (SSSR count). The van der Waals surface area contributed by atoms with E-state index in [1.54, 1.807) is 0 Å². The van der Waals surface area contributed by atoms with E-state index >= 15 is 0 Å². The Balaban J connectivity index is 2.21. The minimum Gasteiger partial charge on any atom is -0.505 e. The normalized spacial score (nSPS) is 12.5. The molecule has 3 aromatic rings. The molecule has 11 nitrogen and oxygen atoms in total. The molecule has 0 atom stereocenters. The second kappa shape index (κ2) is 7.53. The topological polar surface area (TPSA) is 189 Å². The van der Waals surface area contributed by atoms with Gasteiger partial charge in [-0.05, 0) is 41.8 Å². The third-order valence-corrected chi connectivity index (χ3v) is 5.78. The molecule has 0 aliphatic carbocycles. The number of methoxy groups -OCH3 is 1. The number of hydrogen-bond acceptors (Lipinski definition) is 9. The zero-order valence-electron chi connectivity index (χ0n) is 15.2. The number of azo groups is 1. The number of aromatic hydroxyl groups is 1. The average Bonchev–Trinajstić information content (AvgIpc) is 2.65. The predicted molar refractivity (Wildman–Crippen MR) is 107 cm³/mol. The second-order valence-corrected chi connectivity index (χ2v) is 8.85. The SMILES string of the molecule is COc1cc(S(=O)(=O)O)ccc1N=Nc1c(S(=O)(=O)O)cc2cc(N)ccc2c1O. The van der Waals surface area contributed by atoms with E-state index in [0.717, 1.165) is 24.3 Å². The van der Waals surface area contributed by atoms with Crippen LogP contribution in [0.4, 0.5) is 17.1 Å². The molecular weight excluding hydrogens is 438 g/mol. The van der Waals surface area contributed by atoms with E-state index in [4.69, 9.17) is 15.0 Å². The van der Waals surface area contributed by atoms with Crippen LogP contribution >= 0.6 is 0 Å². The smallest absolute Gasteiger partial charge is 0.296 e. The van der Waals surface area contributed by atoms with Crippen molar-refractivity contribution in [3.05, 3.63) is 42.5 Å². The van der Waals surface area contributed by atoms with Crippen LogP contribution in [0.5, 0.6) is 11.5 Å². The first-order valence-corrected chi connectivity index (χ1v) is 10.9. The highest BCUT2D eigenvalue weighted by Gasteiger charge is 2.22. The van der Waals surface area contributed by atoms with Crippen LogP contribution in [0.1, 0.15) is 0 Å². The molecular formula is C17H15N3O8S2. The molecule has 3 aromatic carbocycles. The van der Waals surface area contributed by atoms with Crippen molar-refractivity contribution >= 4 is 48.1 Å². The average molecular weight is 453 g/mol. The van der Waals surface area contributed by atoms with E-state index in [1.807, 2.05) is 0 Å². The Morgan fingerprint density at radius 1 is 0.933 bits per heavy atom. The fraction of sp³-hybridized carbons (Fsp3) is 0.0588. The van der Waals surface area contributed by atoms with Crippen molar-refractivity contribution in [3.63, 3.8) is 0 Å². The second-order valence-electron chi connectivity index (χ2n) is 6.04. The summed E-state index contributed by atoms with van der Waals surface area (Å²) in [5, 5.41) is 18.5. The lowest BCUT2D eigenvalue weighted by Gasteiger charge is -2.10. The van der Waals surface area contributed by atoms with E-state index in [1.165, 1.54) is 25.3 Å². The van der Waals surface area contributed by atoms with Gasteiger partial charge in [0.05, 0.1) is 12.0 Å². The molecule has 0 fully saturated rings. The lowest BCUT2D eigenvalue weighted by molar-refractivity contribution is 0.413. The fourth-order valence-electron chi connectivity index (χ4n) is 2.67. The van der Waals surface area contributed by atoms with Gasteiger partial charge < -0.3 is 15.6 Å². The standard InChI is InChI=1S/C17H15N3O8S2/c1-28-14-8-11(29(22,23)24)3-5-13(14)19-20-16-15(30(25,26)27)7-9-6-10(18)2-4-12(9)17(16)21/h2-8,21H,18H2,1H3,(H,22,23,24)(H,25,26,27). The van der Waals surface area contributed by atoms with E-state index in [2.05, 4.69) is 10.2 Å². The summed E-state index contributed by atoms with van der Waals surface area (Å²) in [6, 6.07) is 8.56.